The van der Waals surface area contributed by atoms with Gasteiger partial charge in [0.25, 0.3) is 0 Å². The maximum absolute atomic E-state index is 13.0. The molecular weight excluding hydrogens is 313 g/mol. The molecule has 132 valence electrons. The van der Waals surface area contributed by atoms with Crippen molar-refractivity contribution in [2.75, 3.05) is 13.1 Å². The maximum Gasteiger partial charge on any atom is 0.320 e. The molecule has 1 aromatic carbocycles. The van der Waals surface area contributed by atoms with Gasteiger partial charge in [0, 0.05) is 17.4 Å². The number of hydrogen-bond donors (Lipinski definition) is 3. The third-order valence-corrected chi connectivity index (χ3v) is 4.19. The quantitative estimate of drug-likeness (QED) is 0.795. The van der Waals surface area contributed by atoms with Gasteiger partial charge in [-0.3, -0.25) is 4.79 Å². The predicted molar refractivity (Wildman–Crippen MR) is 89.3 cm³/mol. The number of fused-ring (bicyclic) bond motifs is 1. The molecule has 7 heteroatoms. The number of hydrogen-bond acceptors (Lipinski definition) is 5. The first kappa shape index (κ1) is 18.4. The van der Waals surface area contributed by atoms with Crippen LogP contribution in [0.1, 0.15) is 38.3 Å². The highest BCUT2D eigenvalue weighted by Crippen LogP contribution is 2.30. The van der Waals surface area contributed by atoms with Crippen LogP contribution < -0.4 is 11.1 Å². The standard InChI is InChI=1S/C12H13FN2O.C5H11NO2/c13-9-1-2-10-11(7-9)16-15-12(10)8-3-5-14-6-4-8;1-3(2)4(6)5(7)8/h1-2,7-8,14H,3-6H2;3-4H,6H2,1-2H3,(H,7,8)/t;4-/m.0/s1. The zero-order valence-electron chi connectivity index (χ0n) is 14.0. The van der Waals surface area contributed by atoms with E-state index in [9.17, 15) is 9.18 Å². The van der Waals surface area contributed by atoms with E-state index >= 15 is 0 Å². The van der Waals surface area contributed by atoms with Crippen molar-refractivity contribution in [3.8, 4) is 0 Å². The van der Waals surface area contributed by atoms with Crippen molar-refractivity contribution in [2.45, 2.75) is 38.6 Å². The molecule has 0 saturated carbocycles. The molecule has 6 nitrogen and oxygen atoms in total. The molecule has 1 atom stereocenters. The number of carbonyl (C=O) groups is 1. The highest BCUT2D eigenvalue weighted by Gasteiger charge is 2.21. The molecule has 1 aromatic heterocycles. The van der Waals surface area contributed by atoms with Crippen molar-refractivity contribution in [1.29, 1.82) is 0 Å². The highest BCUT2D eigenvalue weighted by atomic mass is 19.1. The molecule has 2 aromatic rings. The van der Waals surface area contributed by atoms with Crippen molar-refractivity contribution in [2.24, 2.45) is 11.7 Å². The van der Waals surface area contributed by atoms with Gasteiger partial charge in [0.1, 0.15) is 11.9 Å². The first-order valence-corrected chi connectivity index (χ1v) is 8.14. The lowest BCUT2D eigenvalue weighted by Crippen LogP contribution is -2.34. The summed E-state index contributed by atoms with van der Waals surface area (Å²) in [7, 11) is 0. The Morgan fingerprint density at radius 1 is 1.42 bits per heavy atom. The first-order chi connectivity index (χ1) is 11.4. The fourth-order valence-corrected chi connectivity index (χ4v) is 2.61. The molecule has 0 radical (unpaired) electrons. The van der Waals surface area contributed by atoms with Crippen molar-refractivity contribution in [3.05, 3.63) is 29.7 Å². The Morgan fingerprint density at radius 2 is 2.08 bits per heavy atom. The smallest absolute Gasteiger partial charge is 0.320 e. The van der Waals surface area contributed by atoms with E-state index < -0.39 is 12.0 Å². The minimum absolute atomic E-state index is 0.0208. The lowest BCUT2D eigenvalue weighted by Gasteiger charge is -2.20. The highest BCUT2D eigenvalue weighted by molar-refractivity contribution is 5.79. The predicted octanol–water partition coefficient (Wildman–Crippen LogP) is 2.49. The first-order valence-electron chi connectivity index (χ1n) is 8.14. The second kappa shape index (κ2) is 8.21. The summed E-state index contributed by atoms with van der Waals surface area (Å²) in [5.41, 5.74) is 6.69. The number of carboxylic acids is 1. The number of nitrogens with two attached hydrogens (primary N) is 1. The number of piperidine rings is 1. The second-order valence-electron chi connectivity index (χ2n) is 6.34. The molecular formula is C17H24FN3O3. The number of aliphatic carboxylic acids is 1. The van der Waals surface area contributed by atoms with E-state index in [1.807, 2.05) is 0 Å². The third-order valence-electron chi connectivity index (χ3n) is 4.19. The molecule has 3 rings (SSSR count). The fraction of sp³-hybridized carbons (Fsp3) is 0.529. The molecule has 1 saturated heterocycles. The minimum Gasteiger partial charge on any atom is -0.480 e. The largest absolute Gasteiger partial charge is 0.480 e. The Hall–Kier alpha value is -1.99. The minimum atomic E-state index is -0.931. The van der Waals surface area contributed by atoms with E-state index in [0.29, 0.717) is 11.5 Å². The van der Waals surface area contributed by atoms with Gasteiger partial charge >= 0.3 is 5.97 Å². The molecule has 0 bridgehead atoms. The number of carboxylic acid groups (broad SMARTS) is 1. The van der Waals surface area contributed by atoms with Gasteiger partial charge in [0.2, 0.25) is 0 Å². The van der Waals surface area contributed by atoms with Crippen LogP contribution in [0.2, 0.25) is 0 Å². The summed E-state index contributed by atoms with van der Waals surface area (Å²) in [6, 6.07) is 3.91. The van der Waals surface area contributed by atoms with Crippen LogP contribution in [0.5, 0.6) is 0 Å². The van der Waals surface area contributed by atoms with Crippen molar-refractivity contribution >= 4 is 16.9 Å². The van der Waals surface area contributed by atoms with Gasteiger partial charge in [0.15, 0.2) is 5.58 Å². The van der Waals surface area contributed by atoms with Crippen LogP contribution in [0.3, 0.4) is 0 Å². The van der Waals surface area contributed by atoms with Crippen LogP contribution in [0.4, 0.5) is 4.39 Å². The molecule has 0 unspecified atom stereocenters. The van der Waals surface area contributed by atoms with Crippen molar-refractivity contribution < 1.29 is 18.8 Å². The van der Waals surface area contributed by atoms with Gasteiger partial charge in [-0.05, 0) is 44.0 Å². The van der Waals surface area contributed by atoms with Crippen LogP contribution >= 0.6 is 0 Å². The van der Waals surface area contributed by atoms with E-state index in [1.165, 1.54) is 12.1 Å². The van der Waals surface area contributed by atoms with Crippen LogP contribution in [-0.4, -0.2) is 35.4 Å². The number of nitrogens with one attached hydrogen (secondary N) is 1. The summed E-state index contributed by atoms with van der Waals surface area (Å²) in [6.45, 7) is 5.58. The number of nitrogens with zero attached hydrogens (tertiary/aromatic N) is 1. The van der Waals surface area contributed by atoms with Crippen molar-refractivity contribution in [1.82, 2.24) is 10.5 Å². The Bertz CT molecular complexity index is 681. The molecule has 24 heavy (non-hydrogen) atoms. The van der Waals surface area contributed by atoms with Crippen LogP contribution in [-0.2, 0) is 4.79 Å². The number of rotatable bonds is 3. The van der Waals surface area contributed by atoms with E-state index in [1.54, 1.807) is 19.9 Å². The monoisotopic (exact) mass is 337 g/mol. The molecule has 4 N–H and O–H groups in total. The summed E-state index contributed by atoms with van der Waals surface area (Å²) in [4.78, 5) is 10.0. The molecule has 1 aliphatic rings. The Balaban J connectivity index is 0.000000224. The van der Waals surface area contributed by atoms with Gasteiger partial charge < -0.3 is 20.7 Å². The van der Waals surface area contributed by atoms with Crippen molar-refractivity contribution in [3.63, 3.8) is 0 Å². The maximum atomic E-state index is 13.0. The number of halogens is 1. The number of benzene rings is 1. The molecule has 0 amide bonds. The van der Waals surface area contributed by atoms with E-state index in [0.717, 1.165) is 37.0 Å². The number of aromatic nitrogens is 1. The molecule has 0 spiro atoms. The normalized spacial score (nSPS) is 16.7. The molecule has 2 heterocycles. The van der Waals surface area contributed by atoms with Crippen LogP contribution in [0, 0.1) is 11.7 Å². The average molecular weight is 337 g/mol. The zero-order valence-corrected chi connectivity index (χ0v) is 14.0. The lowest BCUT2D eigenvalue weighted by atomic mass is 9.93. The van der Waals surface area contributed by atoms with Gasteiger partial charge in [0.05, 0.1) is 5.69 Å². The third kappa shape index (κ3) is 4.52. The van der Waals surface area contributed by atoms with E-state index in [4.69, 9.17) is 15.4 Å². The SMILES string of the molecule is CC(C)[C@H](N)C(=O)O.Fc1ccc2c(C3CCNCC3)noc2c1. The van der Waals surface area contributed by atoms with E-state index in [-0.39, 0.29) is 11.7 Å². The average Bonchev–Trinajstić information content (AvgIpc) is 2.98. The summed E-state index contributed by atoms with van der Waals surface area (Å²) < 4.78 is 18.2. The zero-order chi connectivity index (χ0) is 17.7. The summed E-state index contributed by atoms with van der Waals surface area (Å²) in [6.07, 6.45) is 2.14. The lowest BCUT2D eigenvalue weighted by molar-refractivity contribution is -0.139. The molecule has 1 fully saturated rings. The Morgan fingerprint density at radius 3 is 2.62 bits per heavy atom. The van der Waals surface area contributed by atoms with Gasteiger partial charge in [-0.25, -0.2) is 4.39 Å². The van der Waals surface area contributed by atoms with Gasteiger partial charge in [-0.2, -0.15) is 0 Å². The molecule has 1 aliphatic heterocycles. The fourth-order valence-electron chi connectivity index (χ4n) is 2.61. The van der Waals surface area contributed by atoms with Gasteiger partial charge in [-0.1, -0.05) is 19.0 Å². The van der Waals surface area contributed by atoms with Crippen LogP contribution in [0.15, 0.2) is 22.7 Å². The Kier molecular flexibility index (Phi) is 6.28. The molecule has 0 aliphatic carbocycles. The van der Waals surface area contributed by atoms with Gasteiger partial charge in [-0.15, -0.1) is 0 Å². The van der Waals surface area contributed by atoms with Crippen LogP contribution in [0.25, 0.3) is 11.0 Å². The Labute approximate surface area is 140 Å². The summed E-state index contributed by atoms with van der Waals surface area (Å²) in [5.74, 6) is -0.749. The summed E-state index contributed by atoms with van der Waals surface area (Å²) >= 11 is 0. The topological polar surface area (TPSA) is 101 Å². The second-order valence-corrected chi connectivity index (χ2v) is 6.34. The summed E-state index contributed by atoms with van der Waals surface area (Å²) in [5, 5.41) is 16.6. The van der Waals surface area contributed by atoms with E-state index in [2.05, 4.69) is 10.5 Å².